The maximum atomic E-state index is 9.51. The Hall–Kier alpha value is -0.0800. The van der Waals surface area contributed by atoms with Crippen molar-refractivity contribution in [3.63, 3.8) is 0 Å². The predicted octanol–water partition coefficient (Wildman–Crippen LogP) is 2.07. The van der Waals surface area contributed by atoms with Gasteiger partial charge in [-0.05, 0) is 11.8 Å². The van der Waals surface area contributed by atoms with Crippen molar-refractivity contribution in [3.05, 3.63) is 0 Å². The summed E-state index contributed by atoms with van der Waals surface area (Å²) < 4.78 is 5.33. The number of rotatable bonds is 6. The third kappa shape index (κ3) is 5.56. The van der Waals surface area contributed by atoms with Gasteiger partial charge in [0, 0.05) is 6.61 Å². The summed E-state index contributed by atoms with van der Waals surface area (Å²) in [5.74, 6) is 0.895. The van der Waals surface area contributed by atoms with Crippen molar-refractivity contribution in [2.75, 3.05) is 13.2 Å². The molecule has 1 N–H and O–H groups in total. The minimum Gasteiger partial charge on any atom is -0.390 e. The van der Waals surface area contributed by atoms with Crippen LogP contribution in [0.25, 0.3) is 0 Å². The summed E-state index contributed by atoms with van der Waals surface area (Å²) in [7, 11) is 0. The van der Waals surface area contributed by atoms with Crippen LogP contribution in [0.5, 0.6) is 0 Å². The summed E-state index contributed by atoms with van der Waals surface area (Å²) in [5.41, 5.74) is 0. The van der Waals surface area contributed by atoms with E-state index in [0.717, 1.165) is 13.0 Å². The minimum atomic E-state index is -0.297. The van der Waals surface area contributed by atoms with E-state index in [4.69, 9.17) is 4.74 Å². The Labute approximate surface area is 75.9 Å². The summed E-state index contributed by atoms with van der Waals surface area (Å²) in [6.45, 7) is 9.56. The third-order valence-corrected chi connectivity index (χ3v) is 2.04. The van der Waals surface area contributed by atoms with Crippen molar-refractivity contribution in [2.24, 2.45) is 11.8 Å². The Bertz CT molecular complexity index is 102. The summed E-state index contributed by atoms with van der Waals surface area (Å²) in [6.07, 6.45) is 0.709. The second kappa shape index (κ2) is 6.44. The van der Waals surface area contributed by atoms with Crippen LogP contribution in [-0.4, -0.2) is 24.4 Å². The molecule has 0 aliphatic carbocycles. The summed E-state index contributed by atoms with van der Waals surface area (Å²) in [6, 6.07) is 0. The molecule has 0 saturated heterocycles. The predicted molar refractivity (Wildman–Crippen MR) is 51.1 cm³/mol. The SMILES string of the molecule is CCC(C)C(O)COCC(C)C. The maximum absolute atomic E-state index is 9.51. The second-order valence-corrected chi connectivity index (χ2v) is 3.88. The van der Waals surface area contributed by atoms with Crippen LogP contribution in [-0.2, 0) is 4.74 Å². The van der Waals surface area contributed by atoms with E-state index in [1.54, 1.807) is 0 Å². The average Bonchev–Trinajstić information content (AvgIpc) is 2.02. The molecule has 0 fully saturated rings. The molecule has 0 spiro atoms. The molecule has 12 heavy (non-hydrogen) atoms. The Kier molecular flexibility index (Phi) is 6.39. The second-order valence-electron chi connectivity index (χ2n) is 3.88. The Morgan fingerprint density at radius 3 is 2.17 bits per heavy atom. The summed E-state index contributed by atoms with van der Waals surface area (Å²) in [4.78, 5) is 0. The number of hydrogen-bond acceptors (Lipinski definition) is 2. The molecule has 0 bridgehead atoms. The first-order valence-electron chi connectivity index (χ1n) is 4.83. The molecule has 0 aromatic heterocycles. The van der Waals surface area contributed by atoms with Gasteiger partial charge in [-0.1, -0.05) is 34.1 Å². The van der Waals surface area contributed by atoms with Gasteiger partial charge in [-0.15, -0.1) is 0 Å². The van der Waals surface area contributed by atoms with Crippen LogP contribution >= 0.6 is 0 Å². The molecular formula is C10H22O2. The molecule has 0 aromatic carbocycles. The number of ether oxygens (including phenoxy) is 1. The molecule has 0 amide bonds. The Morgan fingerprint density at radius 2 is 1.75 bits per heavy atom. The van der Waals surface area contributed by atoms with Gasteiger partial charge in [-0.25, -0.2) is 0 Å². The van der Waals surface area contributed by atoms with E-state index in [2.05, 4.69) is 20.8 Å². The molecule has 2 unspecified atom stereocenters. The topological polar surface area (TPSA) is 29.5 Å². The fraction of sp³-hybridized carbons (Fsp3) is 1.00. The zero-order valence-corrected chi connectivity index (χ0v) is 8.71. The molecule has 0 aliphatic rings. The minimum absolute atomic E-state index is 0.297. The van der Waals surface area contributed by atoms with Crippen LogP contribution in [0.1, 0.15) is 34.1 Å². The Balaban J connectivity index is 3.37. The van der Waals surface area contributed by atoms with E-state index in [0.29, 0.717) is 18.4 Å². The molecule has 0 aromatic rings. The molecular weight excluding hydrogens is 152 g/mol. The lowest BCUT2D eigenvalue weighted by Crippen LogP contribution is -2.24. The molecule has 0 heterocycles. The standard InChI is InChI=1S/C10H22O2/c1-5-9(4)10(11)7-12-6-8(2)3/h8-11H,5-7H2,1-4H3. The van der Waals surface area contributed by atoms with Gasteiger partial charge in [0.1, 0.15) is 0 Å². The quantitative estimate of drug-likeness (QED) is 0.668. The van der Waals surface area contributed by atoms with Crippen LogP contribution in [0.4, 0.5) is 0 Å². The van der Waals surface area contributed by atoms with Gasteiger partial charge in [0.05, 0.1) is 12.7 Å². The molecule has 2 nitrogen and oxygen atoms in total. The van der Waals surface area contributed by atoms with Gasteiger partial charge in [-0.2, -0.15) is 0 Å². The van der Waals surface area contributed by atoms with E-state index in [9.17, 15) is 5.11 Å². The third-order valence-electron chi connectivity index (χ3n) is 2.04. The normalized spacial score (nSPS) is 16.5. The number of hydrogen-bond donors (Lipinski definition) is 1. The first-order chi connectivity index (χ1) is 5.57. The molecule has 2 heteroatoms. The number of aliphatic hydroxyl groups is 1. The van der Waals surface area contributed by atoms with Crippen LogP contribution in [0.15, 0.2) is 0 Å². The van der Waals surface area contributed by atoms with E-state index in [1.807, 2.05) is 6.92 Å². The lowest BCUT2D eigenvalue weighted by molar-refractivity contribution is -0.000131. The van der Waals surface area contributed by atoms with E-state index in [1.165, 1.54) is 0 Å². The van der Waals surface area contributed by atoms with Crippen molar-refractivity contribution in [1.29, 1.82) is 0 Å². The van der Waals surface area contributed by atoms with Gasteiger partial charge in [-0.3, -0.25) is 0 Å². The van der Waals surface area contributed by atoms with Crippen molar-refractivity contribution in [1.82, 2.24) is 0 Å². The molecule has 0 radical (unpaired) electrons. The highest BCUT2D eigenvalue weighted by Gasteiger charge is 2.11. The molecule has 2 atom stereocenters. The maximum Gasteiger partial charge on any atom is 0.0799 e. The molecule has 74 valence electrons. The van der Waals surface area contributed by atoms with Gasteiger partial charge < -0.3 is 9.84 Å². The van der Waals surface area contributed by atoms with Crippen LogP contribution < -0.4 is 0 Å². The van der Waals surface area contributed by atoms with Crippen molar-refractivity contribution in [2.45, 2.75) is 40.2 Å². The lowest BCUT2D eigenvalue weighted by atomic mass is 10.0. The highest BCUT2D eigenvalue weighted by atomic mass is 16.5. The Morgan fingerprint density at radius 1 is 1.17 bits per heavy atom. The average molecular weight is 174 g/mol. The fourth-order valence-electron chi connectivity index (χ4n) is 0.861. The fourth-order valence-corrected chi connectivity index (χ4v) is 0.861. The zero-order chi connectivity index (χ0) is 9.56. The van der Waals surface area contributed by atoms with Crippen molar-refractivity contribution in [3.8, 4) is 0 Å². The smallest absolute Gasteiger partial charge is 0.0799 e. The molecule has 0 aliphatic heterocycles. The van der Waals surface area contributed by atoms with Gasteiger partial charge >= 0.3 is 0 Å². The highest BCUT2D eigenvalue weighted by Crippen LogP contribution is 2.07. The number of aliphatic hydroxyl groups excluding tert-OH is 1. The summed E-state index contributed by atoms with van der Waals surface area (Å²) >= 11 is 0. The van der Waals surface area contributed by atoms with E-state index >= 15 is 0 Å². The van der Waals surface area contributed by atoms with E-state index in [-0.39, 0.29) is 6.10 Å². The van der Waals surface area contributed by atoms with Gasteiger partial charge in [0.25, 0.3) is 0 Å². The molecule has 0 saturated carbocycles. The van der Waals surface area contributed by atoms with Crippen molar-refractivity contribution >= 4 is 0 Å². The zero-order valence-electron chi connectivity index (χ0n) is 8.71. The lowest BCUT2D eigenvalue weighted by Gasteiger charge is -2.17. The largest absolute Gasteiger partial charge is 0.390 e. The molecule has 0 rings (SSSR count). The van der Waals surface area contributed by atoms with Crippen LogP contribution in [0, 0.1) is 11.8 Å². The van der Waals surface area contributed by atoms with Crippen LogP contribution in [0.2, 0.25) is 0 Å². The summed E-state index contributed by atoms with van der Waals surface area (Å²) in [5, 5.41) is 9.51. The van der Waals surface area contributed by atoms with E-state index < -0.39 is 0 Å². The van der Waals surface area contributed by atoms with Gasteiger partial charge in [0.15, 0.2) is 0 Å². The van der Waals surface area contributed by atoms with Crippen molar-refractivity contribution < 1.29 is 9.84 Å². The van der Waals surface area contributed by atoms with Crippen LogP contribution in [0.3, 0.4) is 0 Å². The first kappa shape index (κ1) is 11.9. The highest BCUT2D eigenvalue weighted by molar-refractivity contribution is 4.61. The van der Waals surface area contributed by atoms with Gasteiger partial charge in [0.2, 0.25) is 0 Å². The first-order valence-corrected chi connectivity index (χ1v) is 4.83. The monoisotopic (exact) mass is 174 g/mol.